The van der Waals surface area contributed by atoms with Crippen LogP contribution in [-0.2, 0) is 6.54 Å². The van der Waals surface area contributed by atoms with Crippen molar-refractivity contribution in [2.45, 2.75) is 19.5 Å². The van der Waals surface area contributed by atoms with Gasteiger partial charge in [0.15, 0.2) is 0 Å². The summed E-state index contributed by atoms with van der Waals surface area (Å²) in [5.74, 6) is 0. The first-order chi connectivity index (χ1) is 8.66. The van der Waals surface area contributed by atoms with Crippen molar-refractivity contribution in [1.82, 2.24) is 4.98 Å². The van der Waals surface area contributed by atoms with Crippen molar-refractivity contribution in [2.24, 2.45) is 5.73 Å². The van der Waals surface area contributed by atoms with Crippen LogP contribution in [0.1, 0.15) is 24.1 Å². The quantitative estimate of drug-likeness (QED) is 0.895. The van der Waals surface area contributed by atoms with E-state index in [0.717, 1.165) is 12.1 Å². The lowest BCUT2D eigenvalue weighted by molar-refractivity contribution is 0.817. The van der Waals surface area contributed by atoms with Gasteiger partial charge < -0.3 is 10.6 Å². The van der Waals surface area contributed by atoms with Gasteiger partial charge in [-0.2, -0.15) is 0 Å². The molecule has 2 aromatic rings. The van der Waals surface area contributed by atoms with E-state index in [4.69, 9.17) is 5.73 Å². The molecule has 0 saturated carbocycles. The summed E-state index contributed by atoms with van der Waals surface area (Å²) in [4.78, 5) is 6.23. The fourth-order valence-electron chi connectivity index (χ4n) is 1.89. The number of aromatic nitrogens is 1. The second kappa shape index (κ2) is 5.65. The van der Waals surface area contributed by atoms with Gasteiger partial charge in [-0.05, 0) is 42.3 Å². The normalized spacial score (nSPS) is 12.2. The Kier molecular flexibility index (Phi) is 3.95. The topological polar surface area (TPSA) is 42.1 Å². The van der Waals surface area contributed by atoms with E-state index in [1.165, 1.54) is 11.3 Å². The highest BCUT2D eigenvalue weighted by Crippen LogP contribution is 2.18. The first-order valence-corrected chi connectivity index (χ1v) is 6.12. The molecule has 1 aromatic heterocycles. The van der Waals surface area contributed by atoms with Gasteiger partial charge in [-0.15, -0.1) is 0 Å². The van der Waals surface area contributed by atoms with Crippen LogP contribution in [-0.4, -0.2) is 12.0 Å². The molecule has 3 nitrogen and oxygen atoms in total. The molecule has 1 heterocycles. The summed E-state index contributed by atoms with van der Waals surface area (Å²) in [7, 11) is 2.08. The third kappa shape index (κ3) is 3.08. The minimum atomic E-state index is 0.0875. The molecule has 18 heavy (non-hydrogen) atoms. The van der Waals surface area contributed by atoms with Crippen molar-refractivity contribution in [1.29, 1.82) is 0 Å². The molecule has 2 rings (SSSR count). The van der Waals surface area contributed by atoms with E-state index in [-0.39, 0.29) is 6.04 Å². The van der Waals surface area contributed by atoms with E-state index < -0.39 is 0 Å². The molecule has 0 bridgehead atoms. The lowest BCUT2D eigenvalue weighted by Gasteiger charge is -2.20. The number of hydrogen-bond donors (Lipinski definition) is 1. The Labute approximate surface area is 108 Å². The van der Waals surface area contributed by atoms with Crippen molar-refractivity contribution < 1.29 is 0 Å². The second-order valence-electron chi connectivity index (χ2n) is 4.59. The van der Waals surface area contributed by atoms with Gasteiger partial charge in [-0.1, -0.05) is 12.1 Å². The molecule has 2 N–H and O–H groups in total. The van der Waals surface area contributed by atoms with Crippen LogP contribution in [0, 0.1) is 0 Å². The Balaban J connectivity index is 2.07. The first kappa shape index (κ1) is 12.6. The smallest absolute Gasteiger partial charge is 0.0427 e. The Hall–Kier alpha value is -1.87. The van der Waals surface area contributed by atoms with Crippen molar-refractivity contribution in [3.63, 3.8) is 0 Å². The van der Waals surface area contributed by atoms with Crippen molar-refractivity contribution >= 4 is 5.69 Å². The summed E-state index contributed by atoms with van der Waals surface area (Å²) in [6.07, 6.45) is 3.64. The van der Waals surface area contributed by atoms with Crippen molar-refractivity contribution in [2.75, 3.05) is 11.9 Å². The summed E-state index contributed by atoms with van der Waals surface area (Å²) < 4.78 is 0. The van der Waals surface area contributed by atoms with E-state index in [0.29, 0.717) is 0 Å². The molecule has 1 atom stereocenters. The van der Waals surface area contributed by atoms with Gasteiger partial charge in [0, 0.05) is 37.7 Å². The molecule has 0 radical (unpaired) electrons. The van der Waals surface area contributed by atoms with E-state index in [2.05, 4.69) is 41.2 Å². The highest BCUT2D eigenvalue weighted by atomic mass is 15.1. The number of rotatable bonds is 4. The van der Waals surface area contributed by atoms with Crippen LogP contribution in [0.2, 0.25) is 0 Å². The maximum Gasteiger partial charge on any atom is 0.0427 e. The fourth-order valence-corrected chi connectivity index (χ4v) is 1.89. The zero-order valence-corrected chi connectivity index (χ0v) is 10.9. The van der Waals surface area contributed by atoms with Gasteiger partial charge in [-0.25, -0.2) is 0 Å². The molecule has 0 aliphatic heterocycles. The zero-order valence-electron chi connectivity index (χ0n) is 10.9. The summed E-state index contributed by atoms with van der Waals surface area (Å²) in [6, 6.07) is 12.6. The molecular weight excluding hydrogens is 222 g/mol. The molecular formula is C15H19N3. The average molecular weight is 241 g/mol. The summed E-state index contributed by atoms with van der Waals surface area (Å²) >= 11 is 0. The standard InChI is InChI=1S/C15H19N3/c1-12(16)14-3-5-15(6-4-14)18(2)11-13-7-9-17-10-8-13/h3-10,12H,11,16H2,1-2H3/t12-/m1/s1. The SMILES string of the molecule is C[C@@H](N)c1ccc(N(C)Cc2ccncc2)cc1. The van der Waals surface area contributed by atoms with E-state index in [1.54, 1.807) is 0 Å². The molecule has 0 unspecified atom stereocenters. The third-order valence-corrected chi connectivity index (χ3v) is 3.03. The molecule has 0 spiro atoms. The summed E-state index contributed by atoms with van der Waals surface area (Å²) in [5.41, 5.74) is 9.45. The minimum Gasteiger partial charge on any atom is -0.370 e. The Morgan fingerprint density at radius 2 is 1.72 bits per heavy atom. The van der Waals surface area contributed by atoms with Gasteiger partial charge in [0.2, 0.25) is 0 Å². The number of hydrogen-bond acceptors (Lipinski definition) is 3. The minimum absolute atomic E-state index is 0.0875. The average Bonchev–Trinajstić information content (AvgIpc) is 2.40. The van der Waals surface area contributed by atoms with Crippen LogP contribution in [0.4, 0.5) is 5.69 Å². The summed E-state index contributed by atoms with van der Waals surface area (Å²) in [6.45, 7) is 2.87. The van der Waals surface area contributed by atoms with Gasteiger partial charge in [-0.3, -0.25) is 4.98 Å². The maximum atomic E-state index is 5.84. The van der Waals surface area contributed by atoms with Crippen molar-refractivity contribution in [3.8, 4) is 0 Å². The van der Waals surface area contributed by atoms with Gasteiger partial charge in [0.1, 0.15) is 0 Å². The molecule has 3 heteroatoms. The van der Waals surface area contributed by atoms with Crippen LogP contribution in [0.15, 0.2) is 48.8 Å². The Morgan fingerprint density at radius 3 is 2.28 bits per heavy atom. The maximum absolute atomic E-state index is 5.84. The number of nitrogens with zero attached hydrogens (tertiary/aromatic N) is 2. The van der Waals surface area contributed by atoms with Gasteiger partial charge in [0.25, 0.3) is 0 Å². The lowest BCUT2D eigenvalue weighted by Crippen LogP contribution is -2.16. The predicted octanol–water partition coefficient (Wildman–Crippen LogP) is 2.74. The molecule has 0 aliphatic carbocycles. The largest absolute Gasteiger partial charge is 0.370 e. The van der Waals surface area contributed by atoms with Gasteiger partial charge in [0.05, 0.1) is 0 Å². The number of pyridine rings is 1. The van der Waals surface area contributed by atoms with Crippen LogP contribution in [0.3, 0.4) is 0 Å². The predicted molar refractivity (Wildman–Crippen MR) is 75.4 cm³/mol. The molecule has 0 amide bonds. The number of benzene rings is 1. The first-order valence-electron chi connectivity index (χ1n) is 6.12. The lowest BCUT2D eigenvalue weighted by atomic mass is 10.1. The highest BCUT2D eigenvalue weighted by molar-refractivity contribution is 5.47. The monoisotopic (exact) mass is 241 g/mol. The molecule has 0 saturated heterocycles. The zero-order chi connectivity index (χ0) is 13.0. The molecule has 0 fully saturated rings. The number of nitrogens with two attached hydrogens (primary N) is 1. The van der Waals surface area contributed by atoms with Crippen LogP contribution >= 0.6 is 0 Å². The van der Waals surface area contributed by atoms with E-state index in [9.17, 15) is 0 Å². The molecule has 94 valence electrons. The van der Waals surface area contributed by atoms with Crippen LogP contribution in [0.25, 0.3) is 0 Å². The van der Waals surface area contributed by atoms with Crippen molar-refractivity contribution in [3.05, 3.63) is 59.9 Å². The number of anilines is 1. The Bertz CT molecular complexity index is 477. The van der Waals surface area contributed by atoms with E-state index >= 15 is 0 Å². The molecule has 0 aliphatic rings. The third-order valence-electron chi connectivity index (χ3n) is 3.03. The Morgan fingerprint density at radius 1 is 1.11 bits per heavy atom. The van der Waals surface area contributed by atoms with Crippen LogP contribution in [0.5, 0.6) is 0 Å². The van der Waals surface area contributed by atoms with E-state index in [1.807, 2.05) is 31.5 Å². The summed E-state index contributed by atoms with van der Waals surface area (Å²) in [5, 5.41) is 0. The highest BCUT2D eigenvalue weighted by Gasteiger charge is 2.03. The van der Waals surface area contributed by atoms with Gasteiger partial charge >= 0.3 is 0 Å². The fraction of sp³-hybridized carbons (Fsp3) is 0.267. The second-order valence-corrected chi connectivity index (χ2v) is 4.59. The molecule has 1 aromatic carbocycles. The van der Waals surface area contributed by atoms with Crippen LogP contribution < -0.4 is 10.6 Å².